The molecule has 0 saturated heterocycles. The van der Waals surface area contributed by atoms with E-state index < -0.39 is 0 Å². The van der Waals surface area contributed by atoms with E-state index in [-0.39, 0.29) is 0 Å². The highest BCUT2D eigenvalue weighted by molar-refractivity contribution is 5.16. The first kappa shape index (κ1) is 35.2. The number of hydrogen-bond donors (Lipinski definition) is 0. The largest absolute Gasteiger partial charge is 0.202 e. The van der Waals surface area contributed by atoms with Crippen molar-refractivity contribution in [1.82, 2.24) is 0 Å². The van der Waals surface area contributed by atoms with Gasteiger partial charge in [-0.05, 0) is 31.7 Å². The molecule has 0 aliphatic rings. The van der Waals surface area contributed by atoms with E-state index in [1.54, 1.807) is 11.3 Å². The molecule has 1 nitrogen and oxygen atoms in total. The smallest absolute Gasteiger partial charge is 0.184 e. The molecule has 0 aromatic carbocycles. The van der Waals surface area contributed by atoms with E-state index in [4.69, 9.17) is 0 Å². The fraction of sp³-hybridized carbons (Fsp3) is 0.865. The number of rotatable bonds is 29. The van der Waals surface area contributed by atoms with Crippen LogP contribution in [-0.2, 0) is 19.4 Å². The fourth-order valence-electron chi connectivity index (χ4n) is 6.02. The van der Waals surface area contributed by atoms with E-state index in [0.717, 1.165) is 0 Å². The van der Waals surface area contributed by atoms with Crippen LogP contribution in [-0.4, -0.2) is 0 Å². The van der Waals surface area contributed by atoms with Gasteiger partial charge in [-0.25, -0.2) is 4.57 Å². The molecule has 0 amide bonds. The highest BCUT2D eigenvalue weighted by Gasteiger charge is 2.15. The molecule has 0 aliphatic carbocycles. The zero-order valence-electron chi connectivity index (χ0n) is 26.7. The minimum absolute atomic E-state index is 1.23. The molecule has 0 aliphatic heterocycles. The average molecular weight is 529 g/mol. The van der Waals surface area contributed by atoms with Gasteiger partial charge in [0.25, 0.3) is 0 Å². The molecule has 0 saturated carbocycles. The summed E-state index contributed by atoms with van der Waals surface area (Å²) in [6.45, 7) is 8.17. The SMILES string of the molecule is CCCCCCCCCCCC[n+]1cccc(CCCCCCCCCC)c1CCCCCCCCCC. The summed E-state index contributed by atoms with van der Waals surface area (Å²) in [6, 6.07) is 4.80. The topological polar surface area (TPSA) is 3.88 Å². The third-order valence-corrected chi connectivity index (χ3v) is 8.60. The van der Waals surface area contributed by atoms with Gasteiger partial charge >= 0.3 is 0 Å². The molecular weight excluding hydrogens is 458 g/mol. The fourth-order valence-corrected chi connectivity index (χ4v) is 6.02. The second-order valence-electron chi connectivity index (χ2n) is 12.3. The first-order valence-corrected chi connectivity index (χ1v) is 17.8. The molecule has 0 fully saturated rings. The van der Waals surface area contributed by atoms with Gasteiger partial charge in [-0.3, -0.25) is 0 Å². The van der Waals surface area contributed by atoms with Gasteiger partial charge in [0.1, 0.15) is 6.54 Å². The quantitative estimate of drug-likeness (QED) is 0.0719. The molecule has 1 heterocycles. The molecule has 0 atom stereocenters. The second kappa shape index (κ2) is 27.7. The van der Waals surface area contributed by atoms with Crippen LogP contribution in [0.2, 0.25) is 0 Å². The van der Waals surface area contributed by atoms with Gasteiger partial charge in [-0.15, -0.1) is 0 Å². The van der Waals surface area contributed by atoms with E-state index in [2.05, 4.69) is 43.7 Å². The second-order valence-corrected chi connectivity index (χ2v) is 12.3. The minimum Gasteiger partial charge on any atom is -0.202 e. The summed E-state index contributed by atoms with van der Waals surface area (Å²) in [5.74, 6) is 0. The Hall–Kier alpha value is -0.850. The molecule has 0 spiro atoms. The Bertz CT molecular complexity index is 607. The maximum Gasteiger partial charge on any atom is 0.184 e. The molecule has 0 N–H and O–H groups in total. The van der Waals surface area contributed by atoms with Crippen molar-refractivity contribution >= 4 is 0 Å². The van der Waals surface area contributed by atoms with Crippen molar-refractivity contribution in [3.05, 3.63) is 29.6 Å². The molecule has 38 heavy (non-hydrogen) atoms. The van der Waals surface area contributed by atoms with Crippen molar-refractivity contribution in [3.8, 4) is 0 Å². The maximum absolute atomic E-state index is 2.66. The number of nitrogens with zero attached hydrogens (tertiary/aromatic N) is 1. The van der Waals surface area contributed by atoms with Gasteiger partial charge in [-0.2, -0.15) is 0 Å². The summed E-state index contributed by atoms with van der Waals surface area (Å²) in [5.41, 5.74) is 3.34. The predicted molar refractivity (Wildman–Crippen MR) is 171 cm³/mol. The zero-order valence-corrected chi connectivity index (χ0v) is 26.7. The number of hydrogen-bond acceptors (Lipinski definition) is 0. The summed E-state index contributed by atoms with van der Waals surface area (Å²) < 4.78 is 2.66. The van der Waals surface area contributed by atoms with Crippen molar-refractivity contribution in [3.63, 3.8) is 0 Å². The van der Waals surface area contributed by atoms with Crippen molar-refractivity contribution in [2.24, 2.45) is 0 Å². The van der Waals surface area contributed by atoms with Crippen LogP contribution in [0.25, 0.3) is 0 Å². The summed E-state index contributed by atoms with van der Waals surface area (Å²) >= 11 is 0. The maximum atomic E-state index is 2.66. The lowest BCUT2D eigenvalue weighted by molar-refractivity contribution is -0.705. The van der Waals surface area contributed by atoms with E-state index in [0.29, 0.717) is 0 Å². The molecular formula is C37H70N+. The number of aryl methyl sites for hydroxylation is 2. The highest BCUT2D eigenvalue weighted by Crippen LogP contribution is 2.17. The number of unbranched alkanes of at least 4 members (excludes halogenated alkanes) is 23. The first-order valence-electron chi connectivity index (χ1n) is 17.8. The molecule has 0 bridgehead atoms. The predicted octanol–water partition coefficient (Wildman–Crippen LogP) is 12.3. The van der Waals surface area contributed by atoms with Gasteiger partial charge in [-0.1, -0.05) is 162 Å². The summed E-state index contributed by atoms with van der Waals surface area (Å²) in [7, 11) is 0. The molecule has 0 unspecified atom stereocenters. The first-order chi connectivity index (χ1) is 18.8. The van der Waals surface area contributed by atoms with E-state index >= 15 is 0 Å². The minimum atomic E-state index is 1.23. The van der Waals surface area contributed by atoms with E-state index in [9.17, 15) is 0 Å². The van der Waals surface area contributed by atoms with Gasteiger partial charge in [0.05, 0.1) is 0 Å². The van der Waals surface area contributed by atoms with E-state index in [1.807, 2.05) is 0 Å². The van der Waals surface area contributed by atoms with Crippen LogP contribution >= 0.6 is 0 Å². The van der Waals surface area contributed by atoms with Crippen LogP contribution in [0.5, 0.6) is 0 Å². The van der Waals surface area contributed by atoms with Crippen LogP contribution in [0.15, 0.2) is 18.3 Å². The highest BCUT2D eigenvalue weighted by atomic mass is 15.0. The summed E-state index contributed by atoms with van der Waals surface area (Å²) in [6.07, 6.45) is 41.9. The monoisotopic (exact) mass is 529 g/mol. The summed E-state index contributed by atoms with van der Waals surface area (Å²) in [4.78, 5) is 0. The van der Waals surface area contributed by atoms with Gasteiger partial charge < -0.3 is 0 Å². The van der Waals surface area contributed by atoms with Gasteiger partial charge in [0, 0.05) is 24.5 Å². The molecule has 1 heteroatoms. The third kappa shape index (κ3) is 20.1. The molecule has 1 aromatic rings. The van der Waals surface area contributed by atoms with Crippen LogP contribution < -0.4 is 4.57 Å². The van der Waals surface area contributed by atoms with Crippen molar-refractivity contribution < 1.29 is 4.57 Å². The normalized spacial score (nSPS) is 11.4. The Kier molecular flexibility index (Phi) is 25.6. The van der Waals surface area contributed by atoms with Crippen molar-refractivity contribution in [2.45, 2.75) is 207 Å². The Morgan fingerprint density at radius 1 is 0.421 bits per heavy atom. The Morgan fingerprint density at radius 3 is 1.24 bits per heavy atom. The summed E-state index contributed by atoms with van der Waals surface area (Å²) in [5, 5.41) is 0. The lowest BCUT2D eigenvalue weighted by Crippen LogP contribution is -2.39. The van der Waals surface area contributed by atoms with E-state index in [1.165, 1.54) is 186 Å². The standard InChI is InChI=1S/C37H70N/c1-4-7-10-13-16-19-20-23-26-29-34-38-35-30-32-36(31-27-24-21-17-14-11-8-5-2)37(38)33-28-25-22-18-15-12-9-6-3/h30,32,35H,4-29,31,33-34H2,1-3H3/q+1. The molecule has 1 aromatic heterocycles. The Balaban J connectivity index is 2.44. The zero-order chi connectivity index (χ0) is 27.4. The van der Waals surface area contributed by atoms with Crippen LogP contribution in [0.4, 0.5) is 0 Å². The van der Waals surface area contributed by atoms with Crippen LogP contribution in [0.3, 0.4) is 0 Å². The molecule has 222 valence electrons. The lowest BCUT2D eigenvalue weighted by atomic mass is 9.99. The lowest BCUT2D eigenvalue weighted by Gasteiger charge is -2.11. The van der Waals surface area contributed by atoms with Crippen molar-refractivity contribution in [1.29, 1.82) is 0 Å². The van der Waals surface area contributed by atoms with Crippen LogP contribution in [0, 0.1) is 0 Å². The molecule has 1 rings (SSSR count). The van der Waals surface area contributed by atoms with Gasteiger partial charge in [0.2, 0.25) is 0 Å². The number of aromatic nitrogens is 1. The van der Waals surface area contributed by atoms with Gasteiger partial charge in [0.15, 0.2) is 11.9 Å². The van der Waals surface area contributed by atoms with Crippen molar-refractivity contribution in [2.75, 3.05) is 0 Å². The average Bonchev–Trinajstić information content (AvgIpc) is 2.93. The Labute approximate surface area is 241 Å². The number of pyridine rings is 1. The Morgan fingerprint density at radius 2 is 0.789 bits per heavy atom. The molecule has 0 radical (unpaired) electrons. The van der Waals surface area contributed by atoms with Crippen LogP contribution in [0.1, 0.15) is 199 Å². The third-order valence-electron chi connectivity index (χ3n) is 8.60.